The largest absolute Gasteiger partial charge is 0.493 e. The van der Waals surface area contributed by atoms with Gasteiger partial charge in [0.05, 0.1) is 33.3 Å². The Morgan fingerprint density at radius 2 is 1.43 bits per heavy atom. The molecule has 44 heavy (non-hydrogen) atoms. The van der Waals surface area contributed by atoms with Crippen LogP contribution in [-0.4, -0.2) is 41.9 Å². The van der Waals surface area contributed by atoms with Crippen LogP contribution in [0.15, 0.2) is 108 Å². The van der Waals surface area contributed by atoms with Gasteiger partial charge in [-0.1, -0.05) is 54.6 Å². The van der Waals surface area contributed by atoms with Crippen LogP contribution in [-0.2, 0) is 19.5 Å². The van der Waals surface area contributed by atoms with Gasteiger partial charge in [-0.15, -0.1) is 0 Å². The number of aromatic nitrogens is 2. The summed E-state index contributed by atoms with van der Waals surface area (Å²) in [6.45, 7) is 3.69. The minimum Gasteiger partial charge on any atom is -0.493 e. The maximum atomic E-state index is 14.1. The minimum atomic E-state index is -0.0128. The Morgan fingerprint density at radius 3 is 2.14 bits per heavy atom. The second-order valence-electron chi connectivity index (χ2n) is 10.8. The number of fused-ring (bicyclic) bond motifs is 1. The van der Waals surface area contributed by atoms with E-state index in [1.54, 1.807) is 18.8 Å². The Bertz CT molecular complexity index is 1770. The van der Waals surface area contributed by atoms with Crippen molar-refractivity contribution in [2.24, 2.45) is 0 Å². The molecule has 1 aliphatic rings. The number of hydrogen-bond donors (Lipinski definition) is 0. The van der Waals surface area contributed by atoms with Gasteiger partial charge in [-0.3, -0.25) is 19.2 Å². The molecule has 0 bridgehead atoms. The average molecular weight is 589 g/mol. The van der Waals surface area contributed by atoms with Gasteiger partial charge >= 0.3 is 0 Å². The average Bonchev–Trinajstić information content (AvgIpc) is 3.07. The molecule has 0 aliphatic carbocycles. The first kappa shape index (κ1) is 29.0. The molecule has 8 heteroatoms. The summed E-state index contributed by atoms with van der Waals surface area (Å²) in [5.74, 6) is 3.56. The van der Waals surface area contributed by atoms with E-state index in [2.05, 4.69) is 15.9 Å². The topological polar surface area (TPSA) is 69.1 Å². The van der Waals surface area contributed by atoms with Crippen molar-refractivity contribution in [3.8, 4) is 23.0 Å². The lowest BCUT2D eigenvalue weighted by molar-refractivity contribution is 0.200. The molecule has 0 saturated heterocycles. The third kappa shape index (κ3) is 6.31. The molecule has 0 unspecified atom stereocenters. The van der Waals surface area contributed by atoms with E-state index in [1.165, 1.54) is 0 Å². The van der Waals surface area contributed by atoms with Gasteiger partial charge in [0.25, 0.3) is 5.56 Å². The maximum absolute atomic E-state index is 14.1. The number of methoxy groups -OCH3 is 2. The summed E-state index contributed by atoms with van der Waals surface area (Å²) >= 11 is 0. The molecule has 224 valence electrons. The van der Waals surface area contributed by atoms with Crippen molar-refractivity contribution in [1.29, 1.82) is 0 Å². The van der Waals surface area contributed by atoms with E-state index in [1.807, 2.05) is 104 Å². The van der Waals surface area contributed by atoms with Crippen LogP contribution in [0.4, 0.5) is 11.6 Å². The number of rotatable bonds is 10. The molecular formula is C36H36N4O4. The Kier molecular flexibility index (Phi) is 8.61. The van der Waals surface area contributed by atoms with Crippen LogP contribution in [0.2, 0.25) is 0 Å². The SMILES string of the molecule is COc1ccc(CCN2CN(c3ccc(Oc4ccccc4)cc3)c3nc(C)c(Cc4ccccc4)c(=O)n3C2)cc1OC. The molecule has 0 radical (unpaired) electrons. The summed E-state index contributed by atoms with van der Waals surface area (Å²) in [6, 6.07) is 33.7. The summed E-state index contributed by atoms with van der Waals surface area (Å²) in [6.07, 6.45) is 1.31. The standard InChI is InChI=1S/C36H36N4O4/c1-26-32(22-27-10-6-4-7-11-27)35(41)40-25-38(21-20-28-14-19-33(42-2)34(23-28)43-3)24-39(36(40)37-26)29-15-17-31(18-16-29)44-30-12-8-5-9-13-30/h4-19,23H,20-22,24-25H2,1-3H3. The van der Waals surface area contributed by atoms with Gasteiger partial charge < -0.3 is 14.2 Å². The monoisotopic (exact) mass is 588 g/mol. The number of hydrogen-bond acceptors (Lipinski definition) is 7. The molecule has 2 heterocycles. The first-order valence-electron chi connectivity index (χ1n) is 14.7. The van der Waals surface area contributed by atoms with Gasteiger partial charge in [-0.25, -0.2) is 4.98 Å². The quantitative estimate of drug-likeness (QED) is 0.183. The number of nitrogens with zero attached hydrogens (tertiary/aromatic N) is 4. The highest BCUT2D eigenvalue weighted by molar-refractivity contribution is 5.60. The van der Waals surface area contributed by atoms with E-state index in [4.69, 9.17) is 19.2 Å². The van der Waals surface area contributed by atoms with Crippen LogP contribution in [0, 0.1) is 6.92 Å². The normalized spacial score (nSPS) is 12.9. The van der Waals surface area contributed by atoms with E-state index >= 15 is 0 Å². The molecule has 0 fully saturated rings. The van der Waals surface area contributed by atoms with Crippen LogP contribution < -0.4 is 24.7 Å². The minimum absolute atomic E-state index is 0.0128. The van der Waals surface area contributed by atoms with E-state index in [-0.39, 0.29) is 5.56 Å². The lowest BCUT2D eigenvalue weighted by atomic mass is 10.1. The number of ether oxygens (including phenoxy) is 3. The molecule has 1 aliphatic heterocycles. The molecule has 5 aromatic rings. The van der Waals surface area contributed by atoms with Crippen molar-refractivity contribution in [3.05, 3.63) is 136 Å². The summed E-state index contributed by atoms with van der Waals surface area (Å²) in [7, 11) is 3.28. The molecule has 1 aromatic heterocycles. The highest BCUT2D eigenvalue weighted by atomic mass is 16.5. The zero-order valence-corrected chi connectivity index (χ0v) is 25.3. The zero-order valence-electron chi connectivity index (χ0n) is 25.3. The summed E-state index contributed by atoms with van der Waals surface area (Å²) in [5, 5.41) is 0. The van der Waals surface area contributed by atoms with Crippen molar-refractivity contribution in [3.63, 3.8) is 0 Å². The predicted molar refractivity (Wildman–Crippen MR) is 172 cm³/mol. The zero-order chi connectivity index (χ0) is 30.5. The maximum Gasteiger partial charge on any atom is 0.259 e. The highest BCUT2D eigenvalue weighted by Crippen LogP contribution is 2.32. The number of para-hydroxylation sites is 1. The van der Waals surface area contributed by atoms with E-state index < -0.39 is 0 Å². The molecule has 0 atom stereocenters. The highest BCUT2D eigenvalue weighted by Gasteiger charge is 2.28. The predicted octanol–water partition coefficient (Wildman–Crippen LogP) is 6.56. The molecular weight excluding hydrogens is 552 g/mol. The van der Waals surface area contributed by atoms with Crippen molar-refractivity contribution < 1.29 is 14.2 Å². The van der Waals surface area contributed by atoms with Crippen molar-refractivity contribution >= 4 is 11.6 Å². The number of anilines is 2. The van der Waals surface area contributed by atoms with E-state index in [9.17, 15) is 4.79 Å². The lowest BCUT2D eigenvalue weighted by Crippen LogP contribution is -2.48. The Morgan fingerprint density at radius 1 is 0.750 bits per heavy atom. The van der Waals surface area contributed by atoms with Gasteiger partial charge in [-0.2, -0.15) is 0 Å². The van der Waals surface area contributed by atoms with Crippen molar-refractivity contribution in [2.45, 2.75) is 26.4 Å². The molecule has 0 spiro atoms. The van der Waals surface area contributed by atoms with Crippen molar-refractivity contribution in [1.82, 2.24) is 14.5 Å². The smallest absolute Gasteiger partial charge is 0.259 e. The van der Waals surface area contributed by atoms with Crippen LogP contribution >= 0.6 is 0 Å². The third-order valence-electron chi connectivity index (χ3n) is 7.89. The van der Waals surface area contributed by atoms with Crippen LogP contribution in [0.1, 0.15) is 22.4 Å². The second-order valence-corrected chi connectivity index (χ2v) is 10.8. The molecule has 0 saturated carbocycles. The molecule has 8 nitrogen and oxygen atoms in total. The Hall–Kier alpha value is -5.08. The van der Waals surface area contributed by atoms with E-state index in [0.717, 1.165) is 47.0 Å². The van der Waals surface area contributed by atoms with Gasteiger partial charge in [0.2, 0.25) is 5.95 Å². The summed E-state index contributed by atoms with van der Waals surface area (Å²) in [4.78, 5) is 23.4. The third-order valence-corrected chi connectivity index (χ3v) is 7.89. The molecule has 0 amide bonds. The molecule has 0 N–H and O–H groups in total. The fraction of sp³-hybridized carbons (Fsp3) is 0.222. The van der Waals surface area contributed by atoms with E-state index in [0.29, 0.717) is 42.8 Å². The first-order chi connectivity index (χ1) is 21.5. The van der Waals surface area contributed by atoms with Gasteiger partial charge in [0, 0.05) is 24.2 Å². The fourth-order valence-electron chi connectivity index (χ4n) is 5.51. The summed E-state index contributed by atoms with van der Waals surface area (Å²) in [5.41, 5.74) is 4.59. The van der Waals surface area contributed by atoms with Crippen molar-refractivity contribution in [2.75, 3.05) is 32.3 Å². The van der Waals surface area contributed by atoms with Crippen LogP contribution in [0.3, 0.4) is 0 Å². The van der Waals surface area contributed by atoms with Crippen LogP contribution in [0.25, 0.3) is 0 Å². The Labute approximate surface area is 257 Å². The van der Waals surface area contributed by atoms with Gasteiger partial charge in [0.1, 0.15) is 11.5 Å². The van der Waals surface area contributed by atoms with Gasteiger partial charge in [0.15, 0.2) is 11.5 Å². The Balaban J connectivity index is 1.31. The second kappa shape index (κ2) is 13.1. The van der Waals surface area contributed by atoms with Crippen LogP contribution in [0.5, 0.6) is 23.0 Å². The first-order valence-corrected chi connectivity index (χ1v) is 14.7. The molecule has 4 aromatic carbocycles. The number of aryl methyl sites for hydroxylation is 1. The lowest BCUT2D eigenvalue weighted by Gasteiger charge is -2.38. The van der Waals surface area contributed by atoms with Gasteiger partial charge in [-0.05, 0) is 73.0 Å². The molecule has 6 rings (SSSR count). The fourth-order valence-corrected chi connectivity index (χ4v) is 5.51. The number of benzene rings is 4. The summed E-state index contributed by atoms with van der Waals surface area (Å²) < 4.78 is 18.8.